The van der Waals surface area contributed by atoms with Crippen LogP contribution in [0.2, 0.25) is 0 Å². The lowest BCUT2D eigenvalue weighted by Gasteiger charge is -2.10. The molecule has 0 spiro atoms. The molecule has 1 aliphatic carbocycles. The number of nitrogens with zero attached hydrogens (tertiary/aromatic N) is 3. The summed E-state index contributed by atoms with van der Waals surface area (Å²) in [7, 11) is 0. The molecule has 3 aromatic rings. The summed E-state index contributed by atoms with van der Waals surface area (Å²) in [6.45, 7) is 0.646. The Hall–Kier alpha value is -2.89. The SMILES string of the molecule is O=C(Cn1ccn2nc3c(c2c1=O)CCCC3)NCCCc1ccccc1. The molecular weight excluding hydrogens is 340 g/mol. The Labute approximate surface area is 157 Å². The number of rotatable bonds is 6. The molecule has 6 nitrogen and oxygen atoms in total. The molecule has 2 aromatic heterocycles. The maximum Gasteiger partial charge on any atom is 0.277 e. The Morgan fingerprint density at radius 2 is 1.93 bits per heavy atom. The number of hydrogen-bond donors (Lipinski definition) is 1. The summed E-state index contributed by atoms with van der Waals surface area (Å²) in [5.74, 6) is -0.136. The number of carbonyl (C=O) groups is 1. The summed E-state index contributed by atoms with van der Waals surface area (Å²) in [6.07, 6.45) is 9.26. The fourth-order valence-corrected chi connectivity index (χ4v) is 3.76. The van der Waals surface area contributed by atoms with Gasteiger partial charge in [-0.25, -0.2) is 4.52 Å². The first-order valence-corrected chi connectivity index (χ1v) is 9.62. The molecule has 0 aliphatic heterocycles. The Morgan fingerprint density at radius 1 is 1.11 bits per heavy atom. The second-order valence-corrected chi connectivity index (χ2v) is 7.10. The van der Waals surface area contributed by atoms with Crippen LogP contribution >= 0.6 is 0 Å². The van der Waals surface area contributed by atoms with Gasteiger partial charge in [-0.15, -0.1) is 0 Å². The molecular formula is C21H24N4O2. The van der Waals surface area contributed by atoms with Gasteiger partial charge in [-0.1, -0.05) is 30.3 Å². The quantitative estimate of drug-likeness (QED) is 0.681. The normalized spacial score (nSPS) is 13.5. The predicted molar refractivity (Wildman–Crippen MR) is 104 cm³/mol. The molecule has 0 saturated heterocycles. The van der Waals surface area contributed by atoms with Gasteiger partial charge in [0.15, 0.2) is 0 Å². The molecule has 0 unspecified atom stereocenters. The van der Waals surface area contributed by atoms with Crippen molar-refractivity contribution in [2.45, 2.75) is 45.1 Å². The van der Waals surface area contributed by atoms with Crippen molar-refractivity contribution >= 4 is 11.4 Å². The molecule has 1 aliphatic rings. The zero-order valence-corrected chi connectivity index (χ0v) is 15.4. The fourth-order valence-electron chi connectivity index (χ4n) is 3.76. The third-order valence-corrected chi connectivity index (χ3v) is 5.15. The highest BCUT2D eigenvalue weighted by molar-refractivity contribution is 5.75. The van der Waals surface area contributed by atoms with E-state index < -0.39 is 0 Å². The number of benzene rings is 1. The van der Waals surface area contributed by atoms with Gasteiger partial charge in [0.25, 0.3) is 5.56 Å². The highest BCUT2D eigenvalue weighted by atomic mass is 16.2. The minimum atomic E-state index is -0.136. The first-order valence-electron chi connectivity index (χ1n) is 9.62. The van der Waals surface area contributed by atoms with Crippen molar-refractivity contribution < 1.29 is 4.79 Å². The van der Waals surface area contributed by atoms with E-state index in [1.807, 2.05) is 18.2 Å². The number of aryl methyl sites for hydroxylation is 3. The van der Waals surface area contributed by atoms with E-state index >= 15 is 0 Å². The molecule has 1 amide bonds. The van der Waals surface area contributed by atoms with Crippen LogP contribution in [0.1, 0.15) is 36.1 Å². The Kier molecular flexibility index (Phi) is 5.05. The first kappa shape index (κ1) is 17.5. The van der Waals surface area contributed by atoms with Crippen molar-refractivity contribution in [3.05, 3.63) is 69.9 Å². The molecule has 140 valence electrons. The molecule has 1 aromatic carbocycles. The highest BCUT2D eigenvalue weighted by Crippen LogP contribution is 2.22. The molecule has 0 saturated carbocycles. The summed E-state index contributed by atoms with van der Waals surface area (Å²) in [4.78, 5) is 25.1. The average Bonchev–Trinajstić information content (AvgIpc) is 3.07. The third kappa shape index (κ3) is 3.79. The molecule has 0 atom stereocenters. The number of aromatic nitrogens is 3. The topological polar surface area (TPSA) is 68.4 Å². The first-order chi connectivity index (χ1) is 13.2. The number of fused-ring (bicyclic) bond motifs is 3. The van der Waals surface area contributed by atoms with Crippen molar-refractivity contribution in [2.24, 2.45) is 0 Å². The summed E-state index contributed by atoms with van der Waals surface area (Å²) in [5, 5.41) is 7.44. The van der Waals surface area contributed by atoms with Crippen LogP contribution < -0.4 is 10.9 Å². The van der Waals surface area contributed by atoms with Gasteiger partial charge in [0.2, 0.25) is 5.91 Å². The van der Waals surface area contributed by atoms with Crippen LogP contribution in [0.3, 0.4) is 0 Å². The van der Waals surface area contributed by atoms with Crippen LogP contribution in [0.4, 0.5) is 0 Å². The highest BCUT2D eigenvalue weighted by Gasteiger charge is 2.19. The maximum absolute atomic E-state index is 12.8. The van der Waals surface area contributed by atoms with Crippen LogP contribution in [-0.2, 0) is 30.6 Å². The molecule has 27 heavy (non-hydrogen) atoms. The van der Waals surface area contributed by atoms with Gasteiger partial charge in [0, 0.05) is 24.5 Å². The molecule has 2 heterocycles. The van der Waals surface area contributed by atoms with Crippen LogP contribution in [0.5, 0.6) is 0 Å². The van der Waals surface area contributed by atoms with Gasteiger partial charge in [0.1, 0.15) is 12.1 Å². The maximum atomic E-state index is 12.8. The Bertz CT molecular complexity index is 1000. The minimum absolute atomic E-state index is 0.0423. The van der Waals surface area contributed by atoms with Crippen LogP contribution in [0.25, 0.3) is 5.52 Å². The number of nitrogens with one attached hydrogen (secondary N) is 1. The Morgan fingerprint density at radius 3 is 2.78 bits per heavy atom. The van der Waals surface area contributed by atoms with Crippen molar-refractivity contribution in [3.63, 3.8) is 0 Å². The van der Waals surface area contributed by atoms with Gasteiger partial charge in [-0.2, -0.15) is 5.10 Å². The number of hydrogen-bond acceptors (Lipinski definition) is 3. The summed E-state index contributed by atoms with van der Waals surface area (Å²) >= 11 is 0. The predicted octanol–water partition coefficient (Wildman–Crippen LogP) is 2.12. The second-order valence-electron chi connectivity index (χ2n) is 7.10. The molecule has 4 rings (SSSR count). The van der Waals surface area contributed by atoms with E-state index in [4.69, 9.17) is 0 Å². The van der Waals surface area contributed by atoms with Crippen molar-refractivity contribution in [3.8, 4) is 0 Å². The van der Waals surface area contributed by atoms with E-state index in [0.717, 1.165) is 49.8 Å². The van der Waals surface area contributed by atoms with E-state index in [1.54, 1.807) is 16.9 Å². The largest absolute Gasteiger partial charge is 0.355 e. The van der Waals surface area contributed by atoms with Crippen molar-refractivity contribution in [1.82, 2.24) is 19.5 Å². The van der Waals surface area contributed by atoms with Gasteiger partial charge in [-0.3, -0.25) is 9.59 Å². The zero-order valence-electron chi connectivity index (χ0n) is 15.4. The minimum Gasteiger partial charge on any atom is -0.355 e. The van der Waals surface area contributed by atoms with E-state index in [9.17, 15) is 9.59 Å². The van der Waals surface area contributed by atoms with Crippen LogP contribution in [-0.4, -0.2) is 26.6 Å². The zero-order chi connectivity index (χ0) is 18.6. The molecule has 0 radical (unpaired) electrons. The molecule has 6 heteroatoms. The van der Waals surface area contributed by atoms with Gasteiger partial charge < -0.3 is 9.88 Å². The molecule has 1 N–H and O–H groups in total. The van der Waals surface area contributed by atoms with Crippen LogP contribution in [0.15, 0.2) is 47.5 Å². The van der Waals surface area contributed by atoms with Gasteiger partial charge in [0.05, 0.1) is 5.69 Å². The van der Waals surface area contributed by atoms with Gasteiger partial charge in [-0.05, 0) is 44.1 Å². The van der Waals surface area contributed by atoms with E-state index in [0.29, 0.717) is 12.1 Å². The Balaban J connectivity index is 1.38. The number of amides is 1. The van der Waals surface area contributed by atoms with E-state index in [1.165, 1.54) is 10.1 Å². The lowest BCUT2D eigenvalue weighted by atomic mass is 9.97. The molecule has 0 bridgehead atoms. The standard InChI is InChI=1S/C21H24N4O2/c26-19(22-12-6-9-16-7-2-1-3-8-16)15-24-13-14-25-20(21(24)27)17-10-4-5-11-18(17)23-25/h1-3,7-8,13-14H,4-6,9-12,15H2,(H,22,26). The summed E-state index contributed by atoms with van der Waals surface area (Å²) in [6, 6.07) is 10.2. The number of carbonyl (C=O) groups excluding carboxylic acids is 1. The monoisotopic (exact) mass is 364 g/mol. The lowest BCUT2D eigenvalue weighted by Crippen LogP contribution is -2.33. The van der Waals surface area contributed by atoms with Crippen molar-refractivity contribution in [2.75, 3.05) is 6.54 Å². The average molecular weight is 364 g/mol. The smallest absolute Gasteiger partial charge is 0.277 e. The van der Waals surface area contributed by atoms with Crippen LogP contribution in [0, 0.1) is 0 Å². The van der Waals surface area contributed by atoms with Gasteiger partial charge >= 0.3 is 0 Å². The fraction of sp³-hybridized carbons (Fsp3) is 0.381. The summed E-state index contributed by atoms with van der Waals surface area (Å²) < 4.78 is 3.16. The van der Waals surface area contributed by atoms with E-state index in [-0.39, 0.29) is 18.0 Å². The second kappa shape index (κ2) is 7.78. The summed E-state index contributed by atoms with van der Waals surface area (Å²) in [5.41, 5.74) is 3.85. The van der Waals surface area contributed by atoms with Crippen molar-refractivity contribution in [1.29, 1.82) is 0 Å². The lowest BCUT2D eigenvalue weighted by molar-refractivity contribution is -0.121. The third-order valence-electron chi connectivity index (χ3n) is 5.15. The van der Waals surface area contributed by atoms with E-state index in [2.05, 4.69) is 22.5 Å². The molecule has 0 fully saturated rings.